The van der Waals surface area contributed by atoms with Crippen LogP contribution in [0.25, 0.3) is 0 Å². The zero-order valence-corrected chi connectivity index (χ0v) is 14.1. The van der Waals surface area contributed by atoms with Crippen LogP contribution in [0.1, 0.15) is 28.6 Å². The molecule has 0 bridgehead atoms. The number of nitrogens with one attached hydrogen (secondary N) is 2. The van der Waals surface area contributed by atoms with E-state index in [1.165, 1.54) is 0 Å². The Balaban J connectivity index is 1.50. The average molecular weight is 349 g/mol. The van der Waals surface area contributed by atoms with Crippen molar-refractivity contribution >= 4 is 5.97 Å². The number of aliphatic carboxylic acids is 1. The van der Waals surface area contributed by atoms with Gasteiger partial charge in [-0.05, 0) is 23.3 Å². The van der Waals surface area contributed by atoms with Crippen molar-refractivity contribution < 1.29 is 14.6 Å². The van der Waals surface area contributed by atoms with Gasteiger partial charge in [-0.15, -0.1) is 0 Å². The monoisotopic (exact) mass is 349 g/mol. The Morgan fingerprint density at radius 3 is 2.65 bits per heavy atom. The number of carboxylic acid groups (broad SMARTS) is 1. The van der Waals surface area contributed by atoms with Gasteiger partial charge in [0.25, 0.3) is 0 Å². The molecule has 0 saturated carbocycles. The van der Waals surface area contributed by atoms with Crippen LogP contribution >= 0.6 is 0 Å². The zero-order chi connectivity index (χ0) is 17.9. The van der Waals surface area contributed by atoms with E-state index in [0.717, 1.165) is 28.3 Å². The van der Waals surface area contributed by atoms with E-state index in [9.17, 15) is 9.90 Å². The van der Waals surface area contributed by atoms with E-state index in [1.54, 1.807) is 6.33 Å². The summed E-state index contributed by atoms with van der Waals surface area (Å²) in [6.45, 7) is 0.506. The largest absolute Gasteiger partial charge is 0.489 e. The van der Waals surface area contributed by atoms with Crippen LogP contribution in [0.3, 0.4) is 0 Å². The van der Waals surface area contributed by atoms with Crippen molar-refractivity contribution in [1.29, 1.82) is 0 Å². The van der Waals surface area contributed by atoms with E-state index in [4.69, 9.17) is 4.74 Å². The van der Waals surface area contributed by atoms with Crippen LogP contribution < -0.4 is 10.1 Å². The number of hydrogen-bond acceptors (Lipinski definition) is 4. The SMILES string of the molecule is O=C(O)[C@H]1Cc2[nH]cnc2[C@@H](c2ccc(OCc3ccccc3)cc2)N1. The minimum absolute atomic E-state index is 0.255. The Bertz CT molecular complexity index is 890. The third-order valence-electron chi connectivity index (χ3n) is 4.56. The van der Waals surface area contributed by atoms with Gasteiger partial charge in [0.2, 0.25) is 0 Å². The van der Waals surface area contributed by atoms with Crippen molar-refractivity contribution in [2.45, 2.75) is 25.1 Å². The molecule has 0 fully saturated rings. The summed E-state index contributed by atoms with van der Waals surface area (Å²) < 4.78 is 5.81. The van der Waals surface area contributed by atoms with Gasteiger partial charge in [0.15, 0.2) is 0 Å². The summed E-state index contributed by atoms with van der Waals surface area (Å²) in [4.78, 5) is 18.8. The first-order valence-electron chi connectivity index (χ1n) is 8.48. The molecule has 0 saturated heterocycles. The van der Waals surface area contributed by atoms with E-state index < -0.39 is 12.0 Å². The molecule has 2 aromatic carbocycles. The van der Waals surface area contributed by atoms with Crippen LogP contribution in [-0.4, -0.2) is 27.1 Å². The quantitative estimate of drug-likeness (QED) is 0.659. The van der Waals surface area contributed by atoms with E-state index >= 15 is 0 Å². The smallest absolute Gasteiger partial charge is 0.321 e. The number of aromatic amines is 1. The van der Waals surface area contributed by atoms with Crippen LogP contribution in [0.4, 0.5) is 0 Å². The lowest BCUT2D eigenvalue weighted by molar-refractivity contribution is -0.139. The van der Waals surface area contributed by atoms with Gasteiger partial charge in [-0.1, -0.05) is 42.5 Å². The lowest BCUT2D eigenvalue weighted by Gasteiger charge is -2.28. The maximum atomic E-state index is 11.4. The standard InChI is InChI=1S/C20H19N3O3/c24-20(25)17-10-16-19(22-12-21-16)18(23-17)14-6-8-15(9-7-14)26-11-13-4-2-1-3-5-13/h1-9,12,17-18,23H,10-11H2,(H,21,22)(H,24,25)/t17-,18-/m1/s1. The molecule has 26 heavy (non-hydrogen) atoms. The molecule has 4 rings (SSSR count). The topological polar surface area (TPSA) is 87.2 Å². The molecule has 132 valence electrons. The molecule has 1 aliphatic rings. The van der Waals surface area contributed by atoms with Crippen molar-refractivity contribution in [3.05, 3.63) is 83.4 Å². The normalized spacial score (nSPS) is 18.9. The van der Waals surface area contributed by atoms with E-state index in [0.29, 0.717) is 13.0 Å². The number of carboxylic acids is 1. The summed E-state index contributed by atoms with van der Waals surface area (Å²) in [5.74, 6) is -0.0940. The van der Waals surface area contributed by atoms with Crippen LogP contribution in [0.5, 0.6) is 5.75 Å². The van der Waals surface area contributed by atoms with E-state index in [1.807, 2.05) is 54.6 Å². The van der Waals surface area contributed by atoms with Gasteiger partial charge in [0.05, 0.1) is 18.1 Å². The molecule has 3 aromatic rings. The van der Waals surface area contributed by atoms with Crippen LogP contribution in [0, 0.1) is 0 Å². The molecule has 6 nitrogen and oxygen atoms in total. The molecule has 2 heterocycles. The second-order valence-electron chi connectivity index (χ2n) is 6.30. The average Bonchev–Trinajstić information content (AvgIpc) is 3.15. The summed E-state index contributed by atoms with van der Waals surface area (Å²) in [7, 11) is 0. The van der Waals surface area contributed by atoms with Gasteiger partial charge in [0.1, 0.15) is 18.4 Å². The number of ether oxygens (including phenoxy) is 1. The fourth-order valence-electron chi connectivity index (χ4n) is 3.20. The lowest BCUT2D eigenvalue weighted by Crippen LogP contribution is -2.45. The number of imidazole rings is 1. The third-order valence-corrected chi connectivity index (χ3v) is 4.56. The first kappa shape index (κ1) is 16.4. The highest BCUT2D eigenvalue weighted by Gasteiger charge is 2.33. The lowest BCUT2D eigenvalue weighted by atomic mass is 9.94. The second-order valence-corrected chi connectivity index (χ2v) is 6.30. The number of fused-ring (bicyclic) bond motifs is 1. The van der Waals surface area contributed by atoms with Gasteiger partial charge >= 0.3 is 5.97 Å². The first-order valence-corrected chi connectivity index (χ1v) is 8.48. The predicted molar refractivity (Wildman–Crippen MR) is 95.9 cm³/mol. The highest BCUT2D eigenvalue weighted by atomic mass is 16.5. The number of carbonyl (C=O) groups is 1. The molecule has 0 aliphatic carbocycles. The van der Waals surface area contributed by atoms with Gasteiger partial charge < -0.3 is 14.8 Å². The van der Waals surface area contributed by atoms with Gasteiger partial charge in [0, 0.05) is 12.1 Å². The van der Waals surface area contributed by atoms with Gasteiger partial charge in [-0.2, -0.15) is 0 Å². The highest BCUT2D eigenvalue weighted by Crippen LogP contribution is 2.29. The molecule has 0 radical (unpaired) electrons. The van der Waals surface area contributed by atoms with E-state index in [-0.39, 0.29) is 6.04 Å². The fraction of sp³-hybridized carbons (Fsp3) is 0.200. The van der Waals surface area contributed by atoms with Crippen molar-refractivity contribution in [2.75, 3.05) is 0 Å². The molecule has 1 aromatic heterocycles. The Morgan fingerprint density at radius 1 is 1.15 bits per heavy atom. The van der Waals surface area contributed by atoms with Crippen LogP contribution in [-0.2, 0) is 17.8 Å². The summed E-state index contributed by atoms with van der Waals surface area (Å²) in [5.41, 5.74) is 3.78. The maximum Gasteiger partial charge on any atom is 0.321 e. The van der Waals surface area contributed by atoms with Crippen molar-refractivity contribution in [1.82, 2.24) is 15.3 Å². The number of hydrogen-bond donors (Lipinski definition) is 3. The number of rotatable bonds is 5. The Hall–Kier alpha value is -3.12. The second kappa shape index (κ2) is 7.01. The molecule has 0 spiro atoms. The fourth-order valence-corrected chi connectivity index (χ4v) is 3.20. The van der Waals surface area contributed by atoms with Crippen molar-refractivity contribution in [2.24, 2.45) is 0 Å². The van der Waals surface area contributed by atoms with E-state index in [2.05, 4.69) is 15.3 Å². The highest BCUT2D eigenvalue weighted by molar-refractivity contribution is 5.74. The molecule has 1 aliphatic heterocycles. The number of aromatic nitrogens is 2. The third kappa shape index (κ3) is 3.32. The maximum absolute atomic E-state index is 11.4. The summed E-state index contributed by atoms with van der Waals surface area (Å²) in [6.07, 6.45) is 2.01. The predicted octanol–water partition coefficient (Wildman–Crippen LogP) is 2.68. The minimum atomic E-state index is -0.863. The Labute approximate surface area is 150 Å². The summed E-state index contributed by atoms with van der Waals surface area (Å²) in [5, 5.41) is 12.5. The number of nitrogens with zero attached hydrogens (tertiary/aromatic N) is 1. The summed E-state index contributed by atoms with van der Waals surface area (Å²) in [6, 6.07) is 16.8. The first-order chi connectivity index (χ1) is 12.7. The molecule has 3 N–H and O–H groups in total. The number of H-pyrrole nitrogens is 1. The molecule has 0 unspecified atom stereocenters. The molecule has 0 amide bonds. The number of benzene rings is 2. The summed E-state index contributed by atoms with van der Waals surface area (Å²) >= 11 is 0. The van der Waals surface area contributed by atoms with Gasteiger partial charge in [-0.25, -0.2) is 4.98 Å². The molecular formula is C20H19N3O3. The minimum Gasteiger partial charge on any atom is -0.489 e. The van der Waals surface area contributed by atoms with Crippen LogP contribution in [0.2, 0.25) is 0 Å². The molecule has 2 atom stereocenters. The Kier molecular flexibility index (Phi) is 4.41. The zero-order valence-electron chi connectivity index (χ0n) is 14.1. The molecule has 6 heteroatoms. The van der Waals surface area contributed by atoms with Crippen molar-refractivity contribution in [3.63, 3.8) is 0 Å². The van der Waals surface area contributed by atoms with Gasteiger partial charge in [-0.3, -0.25) is 10.1 Å². The van der Waals surface area contributed by atoms with Crippen molar-refractivity contribution in [3.8, 4) is 5.75 Å². The molecular weight excluding hydrogens is 330 g/mol. The Morgan fingerprint density at radius 2 is 1.92 bits per heavy atom. The van der Waals surface area contributed by atoms with Crippen LogP contribution in [0.15, 0.2) is 60.9 Å².